The lowest BCUT2D eigenvalue weighted by molar-refractivity contribution is 0.0973. The Morgan fingerprint density at radius 2 is 1.88 bits per heavy atom. The predicted octanol–water partition coefficient (Wildman–Crippen LogP) is 6.59. The van der Waals surface area contributed by atoms with Gasteiger partial charge >= 0.3 is 6.03 Å². The van der Waals surface area contributed by atoms with Gasteiger partial charge in [-0.25, -0.2) is 4.79 Å². The number of aryl methyl sites for hydroxylation is 1. The third kappa shape index (κ3) is 9.87. The van der Waals surface area contributed by atoms with Crippen molar-refractivity contribution in [3.63, 3.8) is 0 Å². The number of nitrogens with zero attached hydrogens (tertiary/aromatic N) is 1. The second-order valence-electron chi connectivity index (χ2n) is 8.95. The Bertz CT molecular complexity index is 862. The first kappa shape index (κ1) is 26.9. The average molecular weight is 504 g/mol. The number of ether oxygens (including phenoxy) is 1. The van der Waals surface area contributed by atoms with Crippen LogP contribution in [-0.4, -0.2) is 43.2 Å². The molecule has 3 rings (SSSR count). The summed E-state index contributed by atoms with van der Waals surface area (Å²) < 4.78 is 9.24. The van der Waals surface area contributed by atoms with E-state index in [0.29, 0.717) is 25.8 Å². The number of hydrogen-bond acceptors (Lipinski definition) is 4. The molecule has 1 aliphatic carbocycles. The molecule has 0 saturated heterocycles. The molecule has 0 bridgehead atoms. The fraction of sp³-hybridized carbons (Fsp3) is 0.519. The van der Waals surface area contributed by atoms with Crippen LogP contribution >= 0.6 is 23.5 Å². The van der Waals surface area contributed by atoms with Crippen LogP contribution in [-0.2, 0) is 11.3 Å². The predicted molar refractivity (Wildman–Crippen MR) is 142 cm³/mol. The van der Waals surface area contributed by atoms with Gasteiger partial charge in [0.15, 0.2) is 0 Å². The van der Waals surface area contributed by atoms with E-state index in [9.17, 15) is 4.79 Å². The zero-order chi connectivity index (χ0) is 24.0. The van der Waals surface area contributed by atoms with Crippen molar-refractivity contribution >= 4 is 29.6 Å². The van der Waals surface area contributed by atoms with Crippen LogP contribution in [0.3, 0.4) is 0 Å². The standard InChI is InChI=1S/C27H38ClN3O2S/c1-22-14-15-26(25(28)20-22)34-29-16-8-9-17-31(27(32)30-24-12-6-3-7-13-24)18-19-33-21-23-10-4-2-5-11-23/h2,4-5,10-11,14-15,20,24,29H,3,6-9,12-13,16-19,21H2,1H3,(H,30,32). The molecule has 0 unspecified atom stereocenters. The van der Waals surface area contributed by atoms with Crippen LogP contribution in [0.15, 0.2) is 53.4 Å². The van der Waals surface area contributed by atoms with E-state index in [2.05, 4.69) is 28.2 Å². The maximum atomic E-state index is 13.0. The summed E-state index contributed by atoms with van der Waals surface area (Å²) in [6.07, 6.45) is 7.79. The molecule has 7 heteroatoms. The van der Waals surface area contributed by atoms with E-state index >= 15 is 0 Å². The van der Waals surface area contributed by atoms with Crippen LogP contribution in [0.4, 0.5) is 4.79 Å². The SMILES string of the molecule is Cc1ccc(SNCCCCN(CCOCc2ccccc2)C(=O)NC2CCCCC2)c(Cl)c1. The quantitative estimate of drug-likeness (QED) is 0.239. The Morgan fingerprint density at radius 1 is 1.09 bits per heavy atom. The van der Waals surface area contributed by atoms with Crippen molar-refractivity contribution < 1.29 is 9.53 Å². The van der Waals surface area contributed by atoms with E-state index in [-0.39, 0.29) is 6.03 Å². The van der Waals surface area contributed by atoms with Gasteiger partial charge < -0.3 is 15.0 Å². The molecule has 186 valence electrons. The highest BCUT2D eigenvalue weighted by molar-refractivity contribution is 7.97. The number of nitrogens with one attached hydrogen (secondary N) is 2. The van der Waals surface area contributed by atoms with E-state index in [1.165, 1.54) is 19.3 Å². The Hall–Kier alpha value is -1.73. The smallest absolute Gasteiger partial charge is 0.317 e. The van der Waals surface area contributed by atoms with Gasteiger partial charge in [0.2, 0.25) is 0 Å². The van der Waals surface area contributed by atoms with Crippen molar-refractivity contribution in [3.8, 4) is 0 Å². The molecule has 1 saturated carbocycles. The number of amides is 2. The van der Waals surface area contributed by atoms with E-state index < -0.39 is 0 Å². The van der Waals surface area contributed by atoms with Gasteiger partial charge in [-0.3, -0.25) is 4.72 Å². The molecule has 0 aliphatic heterocycles. The molecule has 0 atom stereocenters. The normalized spacial score (nSPS) is 14.2. The van der Waals surface area contributed by atoms with Crippen molar-refractivity contribution in [3.05, 3.63) is 64.7 Å². The first-order chi connectivity index (χ1) is 16.6. The Balaban J connectivity index is 1.39. The molecule has 0 radical (unpaired) electrons. The van der Waals surface area contributed by atoms with Crippen molar-refractivity contribution in [1.82, 2.24) is 14.9 Å². The number of hydrogen-bond donors (Lipinski definition) is 2. The number of rotatable bonds is 13. The molecule has 0 heterocycles. The van der Waals surface area contributed by atoms with Gasteiger partial charge in [-0.1, -0.05) is 67.3 Å². The van der Waals surface area contributed by atoms with Gasteiger partial charge in [0, 0.05) is 30.6 Å². The first-order valence-corrected chi connectivity index (χ1v) is 13.6. The van der Waals surface area contributed by atoms with Gasteiger partial charge in [-0.15, -0.1) is 0 Å². The fourth-order valence-corrected chi connectivity index (χ4v) is 5.13. The van der Waals surface area contributed by atoms with Crippen molar-refractivity contribution in [1.29, 1.82) is 0 Å². The van der Waals surface area contributed by atoms with Crippen LogP contribution in [0.1, 0.15) is 56.1 Å². The third-order valence-electron chi connectivity index (χ3n) is 6.06. The summed E-state index contributed by atoms with van der Waals surface area (Å²) >= 11 is 7.87. The second kappa shape index (κ2) is 15.3. The summed E-state index contributed by atoms with van der Waals surface area (Å²) in [6, 6.07) is 16.6. The van der Waals surface area contributed by atoms with E-state index in [1.807, 2.05) is 42.2 Å². The lowest BCUT2D eigenvalue weighted by Gasteiger charge is -2.28. The Kier molecular flexibility index (Phi) is 12.1. The molecule has 2 aromatic rings. The topological polar surface area (TPSA) is 53.6 Å². The highest BCUT2D eigenvalue weighted by Crippen LogP contribution is 2.25. The second-order valence-corrected chi connectivity index (χ2v) is 10.3. The minimum atomic E-state index is 0.0454. The molecule has 2 amide bonds. The summed E-state index contributed by atoms with van der Waals surface area (Å²) in [7, 11) is 0. The molecular formula is C27H38ClN3O2S. The Labute approximate surface area is 214 Å². The molecule has 2 aromatic carbocycles. The van der Waals surface area contributed by atoms with Gasteiger partial charge in [-0.2, -0.15) is 0 Å². The van der Waals surface area contributed by atoms with Crippen LogP contribution in [0.2, 0.25) is 5.02 Å². The first-order valence-electron chi connectivity index (χ1n) is 12.4. The zero-order valence-corrected chi connectivity index (χ0v) is 21.8. The summed E-state index contributed by atoms with van der Waals surface area (Å²) in [5.41, 5.74) is 2.31. The number of unbranched alkanes of at least 4 members (excludes halogenated alkanes) is 1. The Morgan fingerprint density at radius 3 is 2.65 bits per heavy atom. The molecular weight excluding hydrogens is 466 g/mol. The molecule has 1 aliphatic rings. The van der Waals surface area contributed by atoms with Crippen LogP contribution in [0.5, 0.6) is 0 Å². The number of urea groups is 1. The molecule has 34 heavy (non-hydrogen) atoms. The van der Waals surface area contributed by atoms with Crippen molar-refractivity contribution in [2.75, 3.05) is 26.2 Å². The van der Waals surface area contributed by atoms with Crippen LogP contribution < -0.4 is 10.0 Å². The van der Waals surface area contributed by atoms with Gasteiger partial charge in [-0.05, 0) is 67.8 Å². The lowest BCUT2D eigenvalue weighted by Crippen LogP contribution is -2.47. The van der Waals surface area contributed by atoms with Gasteiger partial charge in [0.05, 0.1) is 18.2 Å². The minimum absolute atomic E-state index is 0.0454. The largest absolute Gasteiger partial charge is 0.375 e. The maximum absolute atomic E-state index is 13.0. The van der Waals surface area contributed by atoms with Crippen molar-refractivity contribution in [2.24, 2.45) is 0 Å². The monoisotopic (exact) mass is 503 g/mol. The fourth-order valence-electron chi connectivity index (χ4n) is 4.08. The van der Waals surface area contributed by atoms with E-state index in [0.717, 1.165) is 59.8 Å². The highest BCUT2D eigenvalue weighted by atomic mass is 35.5. The summed E-state index contributed by atoms with van der Waals surface area (Å²) in [5.74, 6) is 0. The van der Waals surface area contributed by atoms with E-state index in [4.69, 9.17) is 16.3 Å². The molecule has 2 N–H and O–H groups in total. The number of carbonyl (C=O) groups is 1. The van der Waals surface area contributed by atoms with Crippen LogP contribution in [0, 0.1) is 6.92 Å². The summed E-state index contributed by atoms with van der Waals surface area (Å²) in [5, 5.41) is 4.04. The summed E-state index contributed by atoms with van der Waals surface area (Å²) in [6.45, 7) is 5.33. The van der Waals surface area contributed by atoms with E-state index in [1.54, 1.807) is 11.9 Å². The lowest BCUT2D eigenvalue weighted by atomic mass is 9.96. The maximum Gasteiger partial charge on any atom is 0.317 e. The minimum Gasteiger partial charge on any atom is -0.375 e. The average Bonchev–Trinajstić information content (AvgIpc) is 2.85. The molecule has 0 aromatic heterocycles. The summed E-state index contributed by atoms with van der Waals surface area (Å²) in [4.78, 5) is 15.9. The molecule has 1 fully saturated rings. The number of benzene rings is 2. The van der Waals surface area contributed by atoms with Crippen LogP contribution in [0.25, 0.3) is 0 Å². The molecule has 5 nitrogen and oxygen atoms in total. The zero-order valence-electron chi connectivity index (χ0n) is 20.2. The van der Waals surface area contributed by atoms with Gasteiger partial charge in [0.25, 0.3) is 0 Å². The number of carbonyl (C=O) groups excluding carboxylic acids is 1. The number of halogens is 1. The third-order valence-corrected chi connectivity index (χ3v) is 7.41. The molecule has 0 spiro atoms. The highest BCUT2D eigenvalue weighted by Gasteiger charge is 2.19. The van der Waals surface area contributed by atoms with Crippen molar-refractivity contribution in [2.45, 2.75) is 69.4 Å². The van der Waals surface area contributed by atoms with Gasteiger partial charge in [0.1, 0.15) is 0 Å².